The number of aromatic nitrogens is 7. The molecule has 0 unspecified atom stereocenters. The van der Waals surface area contributed by atoms with Crippen molar-refractivity contribution in [1.29, 1.82) is 0 Å². The van der Waals surface area contributed by atoms with Crippen molar-refractivity contribution in [2.45, 2.75) is 0 Å². The summed E-state index contributed by atoms with van der Waals surface area (Å²) in [5.41, 5.74) is 1.63. The molecule has 0 saturated carbocycles. The van der Waals surface area contributed by atoms with E-state index in [2.05, 4.69) is 46.2 Å². The van der Waals surface area contributed by atoms with Crippen LogP contribution in [0.25, 0.3) is 11.3 Å². The number of anilines is 4. The molecule has 2 amide bonds. The van der Waals surface area contributed by atoms with Crippen LogP contribution >= 0.6 is 0 Å². The molecule has 190 valence electrons. The lowest BCUT2D eigenvalue weighted by atomic mass is 10.1. The first-order valence-corrected chi connectivity index (χ1v) is 11.0. The van der Waals surface area contributed by atoms with Crippen molar-refractivity contribution >= 4 is 35.0 Å². The first-order valence-electron chi connectivity index (χ1n) is 11.0. The summed E-state index contributed by atoms with van der Waals surface area (Å²) in [5, 5.41) is 21.1. The summed E-state index contributed by atoms with van der Waals surface area (Å²) < 4.78 is 7.28. The van der Waals surface area contributed by atoms with Crippen LogP contribution in [0.2, 0.25) is 0 Å². The van der Waals surface area contributed by atoms with Crippen molar-refractivity contribution in [2.75, 3.05) is 38.9 Å². The summed E-state index contributed by atoms with van der Waals surface area (Å²) in [6, 6.07) is 5.09. The molecule has 0 aliphatic rings. The Hall–Kier alpha value is -5.14. The molecule has 0 aromatic carbocycles. The van der Waals surface area contributed by atoms with Crippen LogP contribution in [0.3, 0.4) is 0 Å². The van der Waals surface area contributed by atoms with Gasteiger partial charge in [-0.05, 0) is 6.07 Å². The highest BCUT2D eigenvalue weighted by molar-refractivity contribution is 5.98. The van der Waals surface area contributed by atoms with Gasteiger partial charge in [0.1, 0.15) is 5.69 Å². The molecule has 0 saturated heterocycles. The molecule has 0 fully saturated rings. The molecular weight excluding hydrogens is 478 g/mol. The number of aryl methyl sites for hydroxylation is 1. The summed E-state index contributed by atoms with van der Waals surface area (Å²) in [5.74, 6) is 0.866. The number of hydrogen-bond acceptors (Lipinski definition) is 11. The molecule has 0 spiro atoms. The van der Waals surface area contributed by atoms with E-state index in [0.717, 1.165) is 0 Å². The predicted molar refractivity (Wildman–Crippen MR) is 135 cm³/mol. The maximum Gasteiger partial charge on any atom is 0.273 e. The Bertz CT molecular complexity index is 1430. The van der Waals surface area contributed by atoms with Gasteiger partial charge in [-0.15, -0.1) is 10.2 Å². The molecule has 0 atom stereocenters. The van der Waals surface area contributed by atoms with Crippen LogP contribution in [0.5, 0.6) is 5.75 Å². The highest BCUT2D eigenvalue weighted by Gasteiger charge is 2.20. The van der Waals surface area contributed by atoms with Gasteiger partial charge in [0.2, 0.25) is 0 Å². The smallest absolute Gasteiger partial charge is 0.273 e. The Labute approximate surface area is 212 Å². The lowest BCUT2D eigenvalue weighted by molar-refractivity contribution is 0.0821. The third kappa shape index (κ3) is 5.42. The Kier molecular flexibility index (Phi) is 7.18. The number of nitrogens with one attached hydrogen (secondary N) is 3. The van der Waals surface area contributed by atoms with E-state index >= 15 is 0 Å². The minimum Gasteiger partial charge on any atom is -0.492 e. The van der Waals surface area contributed by atoms with E-state index in [9.17, 15) is 9.59 Å². The molecule has 0 bridgehead atoms. The van der Waals surface area contributed by atoms with Gasteiger partial charge in [0.25, 0.3) is 11.8 Å². The summed E-state index contributed by atoms with van der Waals surface area (Å²) >= 11 is 0. The second-order valence-corrected chi connectivity index (χ2v) is 7.92. The average Bonchev–Trinajstić information content (AvgIpc) is 3.32. The number of ether oxygens (including phenoxy) is 1. The zero-order valence-corrected chi connectivity index (χ0v) is 20.8. The third-order valence-electron chi connectivity index (χ3n) is 5.12. The standard InChI is InChI=1S/C23H25N11O3/c1-24-22(35)19-14(10-18(30-31-19)29-17-7-9-34(4)32-17)28-21-20(37-5)13(6-8-25-21)15-11-27-16(12-26-15)23(36)33(2)3/h6-12H,1-5H3,(H,24,35)(H2,25,28,29,30,32). The van der Waals surface area contributed by atoms with Gasteiger partial charge in [-0.1, -0.05) is 0 Å². The molecular formula is C23H25N11O3. The lowest BCUT2D eigenvalue weighted by Gasteiger charge is -2.16. The van der Waals surface area contributed by atoms with Gasteiger partial charge in [-0.2, -0.15) is 5.10 Å². The number of nitrogens with zero attached hydrogens (tertiary/aromatic N) is 8. The van der Waals surface area contributed by atoms with E-state index in [1.807, 2.05) is 0 Å². The van der Waals surface area contributed by atoms with E-state index in [0.29, 0.717) is 40.1 Å². The first kappa shape index (κ1) is 25.0. The summed E-state index contributed by atoms with van der Waals surface area (Å²) in [4.78, 5) is 39.0. The second kappa shape index (κ2) is 10.6. The maximum absolute atomic E-state index is 12.5. The van der Waals surface area contributed by atoms with Crippen LogP contribution < -0.4 is 20.7 Å². The maximum atomic E-state index is 12.5. The minimum atomic E-state index is -0.443. The molecule has 4 aromatic heterocycles. The summed E-state index contributed by atoms with van der Waals surface area (Å²) in [6.07, 6.45) is 6.22. The van der Waals surface area contributed by atoms with E-state index in [4.69, 9.17) is 4.74 Å². The molecule has 4 heterocycles. The normalized spacial score (nSPS) is 10.5. The highest BCUT2D eigenvalue weighted by atomic mass is 16.5. The number of hydrogen-bond donors (Lipinski definition) is 3. The highest BCUT2D eigenvalue weighted by Crippen LogP contribution is 2.36. The lowest BCUT2D eigenvalue weighted by Crippen LogP contribution is -2.22. The second-order valence-electron chi connectivity index (χ2n) is 7.92. The predicted octanol–water partition coefficient (Wildman–Crippen LogP) is 1.62. The van der Waals surface area contributed by atoms with Crippen LogP contribution in [0.15, 0.2) is 43.0 Å². The zero-order valence-electron chi connectivity index (χ0n) is 20.8. The number of amides is 2. The van der Waals surface area contributed by atoms with Crippen molar-refractivity contribution in [3.05, 3.63) is 54.4 Å². The van der Waals surface area contributed by atoms with Gasteiger partial charge in [0.05, 0.1) is 30.9 Å². The Morgan fingerprint density at radius 1 is 1.03 bits per heavy atom. The number of carbonyl (C=O) groups is 2. The largest absolute Gasteiger partial charge is 0.492 e. The minimum absolute atomic E-state index is 0.0506. The average molecular weight is 504 g/mol. The quantitative estimate of drug-likeness (QED) is 0.320. The number of carbonyl (C=O) groups excluding carboxylic acids is 2. The first-order chi connectivity index (χ1) is 17.8. The van der Waals surface area contributed by atoms with Crippen molar-refractivity contribution in [3.63, 3.8) is 0 Å². The van der Waals surface area contributed by atoms with Gasteiger partial charge in [0, 0.05) is 58.3 Å². The fourth-order valence-corrected chi connectivity index (χ4v) is 3.33. The molecule has 0 aliphatic carbocycles. The van der Waals surface area contributed by atoms with E-state index < -0.39 is 5.91 Å². The Morgan fingerprint density at radius 3 is 2.46 bits per heavy atom. The van der Waals surface area contributed by atoms with E-state index in [1.54, 1.807) is 56.4 Å². The number of methoxy groups -OCH3 is 1. The summed E-state index contributed by atoms with van der Waals surface area (Å²) in [6.45, 7) is 0. The summed E-state index contributed by atoms with van der Waals surface area (Å²) in [7, 11) is 8.06. The molecule has 14 nitrogen and oxygen atoms in total. The molecule has 3 N–H and O–H groups in total. The van der Waals surface area contributed by atoms with E-state index in [-0.39, 0.29) is 17.3 Å². The van der Waals surface area contributed by atoms with Crippen LogP contribution in [-0.4, -0.2) is 79.9 Å². The van der Waals surface area contributed by atoms with Crippen molar-refractivity contribution < 1.29 is 14.3 Å². The Balaban J connectivity index is 1.70. The molecule has 14 heteroatoms. The molecule has 4 aromatic rings. The molecule has 37 heavy (non-hydrogen) atoms. The van der Waals surface area contributed by atoms with Crippen molar-refractivity contribution in [3.8, 4) is 17.0 Å². The molecule has 4 rings (SSSR count). The fraction of sp³-hybridized carbons (Fsp3) is 0.217. The Morgan fingerprint density at radius 2 is 1.84 bits per heavy atom. The fourth-order valence-electron chi connectivity index (χ4n) is 3.33. The van der Waals surface area contributed by atoms with Gasteiger partial charge >= 0.3 is 0 Å². The number of pyridine rings is 1. The van der Waals surface area contributed by atoms with Crippen LogP contribution in [0.4, 0.5) is 23.1 Å². The molecule has 0 radical (unpaired) electrons. The van der Waals surface area contributed by atoms with Crippen molar-refractivity contribution in [1.82, 2.24) is 45.1 Å². The van der Waals surface area contributed by atoms with Gasteiger partial charge in [0.15, 0.2) is 28.9 Å². The van der Waals surface area contributed by atoms with Crippen LogP contribution in [0.1, 0.15) is 21.0 Å². The van der Waals surface area contributed by atoms with Crippen LogP contribution in [0, 0.1) is 0 Å². The topological polar surface area (TPSA) is 165 Å². The molecule has 0 aliphatic heterocycles. The van der Waals surface area contributed by atoms with Gasteiger partial charge < -0.3 is 25.6 Å². The SMILES string of the molecule is CNC(=O)c1nnc(Nc2ccn(C)n2)cc1Nc1nccc(-c2cnc(C(=O)N(C)C)cn2)c1OC. The van der Waals surface area contributed by atoms with Crippen molar-refractivity contribution in [2.24, 2.45) is 7.05 Å². The van der Waals surface area contributed by atoms with Gasteiger partial charge in [-0.3, -0.25) is 19.3 Å². The zero-order chi connectivity index (χ0) is 26.5. The monoisotopic (exact) mass is 503 g/mol. The van der Waals surface area contributed by atoms with Crippen LogP contribution in [-0.2, 0) is 7.05 Å². The number of rotatable bonds is 8. The van der Waals surface area contributed by atoms with Gasteiger partial charge in [-0.25, -0.2) is 9.97 Å². The van der Waals surface area contributed by atoms with E-state index in [1.165, 1.54) is 31.5 Å². The third-order valence-corrected chi connectivity index (χ3v) is 5.12.